The molecule has 1 saturated heterocycles. The van der Waals surface area contributed by atoms with E-state index < -0.39 is 0 Å². The van der Waals surface area contributed by atoms with Crippen LogP contribution in [0.15, 0.2) is 18.3 Å². The van der Waals surface area contributed by atoms with Gasteiger partial charge in [-0.15, -0.1) is 0 Å². The van der Waals surface area contributed by atoms with E-state index in [0.29, 0.717) is 17.5 Å². The highest BCUT2D eigenvalue weighted by molar-refractivity contribution is 5.93. The molecular formula is C15H23N3O2. The molecule has 1 atom stereocenters. The number of hydrogen-bond acceptors (Lipinski definition) is 4. The standard InChI is InChI=1S/C15H23N3O2/c1-11(12-6-8-20-9-7-12)17-14-5-4-13(10-16-14)15(19)18(2)3/h4-5,10-12H,6-9H2,1-3H3,(H,16,17). The van der Waals surface area contributed by atoms with Gasteiger partial charge < -0.3 is 15.0 Å². The molecule has 1 fully saturated rings. The van der Waals surface area contributed by atoms with Crippen LogP contribution >= 0.6 is 0 Å². The molecule has 1 aliphatic heterocycles. The first-order chi connectivity index (χ1) is 9.58. The first-order valence-corrected chi connectivity index (χ1v) is 7.10. The molecule has 2 heterocycles. The van der Waals surface area contributed by atoms with Gasteiger partial charge in [0, 0.05) is 39.5 Å². The van der Waals surface area contributed by atoms with Crippen molar-refractivity contribution in [3.05, 3.63) is 23.9 Å². The monoisotopic (exact) mass is 277 g/mol. The summed E-state index contributed by atoms with van der Waals surface area (Å²) in [6, 6.07) is 4.04. The molecule has 1 amide bonds. The number of hydrogen-bond donors (Lipinski definition) is 1. The molecule has 1 unspecified atom stereocenters. The van der Waals surface area contributed by atoms with Gasteiger partial charge in [-0.1, -0.05) is 0 Å². The number of amides is 1. The first-order valence-electron chi connectivity index (χ1n) is 7.10. The average Bonchev–Trinajstić information content (AvgIpc) is 2.48. The summed E-state index contributed by atoms with van der Waals surface area (Å²) < 4.78 is 5.38. The minimum atomic E-state index is -0.0264. The second-order valence-electron chi connectivity index (χ2n) is 5.51. The predicted octanol–water partition coefficient (Wildman–Crippen LogP) is 2.01. The summed E-state index contributed by atoms with van der Waals surface area (Å²) in [5.74, 6) is 1.41. The SMILES string of the molecule is CC(Nc1ccc(C(=O)N(C)C)cn1)C1CCOCC1. The Labute approximate surface area is 120 Å². The summed E-state index contributed by atoms with van der Waals surface area (Å²) in [5.41, 5.74) is 0.610. The molecule has 20 heavy (non-hydrogen) atoms. The molecule has 0 saturated carbocycles. The van der Waals surface area contributed by atoms with Crippen molar-refractivity contribution < 1.29 is 9.53 Å². The van der Waals surface area contributed by atoms with Gasteiger partial charge in [0.15, 0.2) is 0 Å². The Morgan fingerprint density at radius 3 is 2.65 bits per heavy atom. The van der Waals surface area contributed by atoms with Gasteiger partial charge in [0.1, 0.15) is 5.82 Å². The van der Waals surface area contributed by atoms with Crippen molar-refractivity contribution >= 4 is 11.7 Å². The second kappa shape index (κ2) is 6.70. The van der Waals surface area contributed by atoms with E-state index in [0.717, 1.165) is 31.9 Å². The van der Waals surface area contributed by atoms with Crippen LogP contribution < -0.4 is 5.32 Å². The van der Waals surface area contributed by atoms with Crippen LogP contribution in [0.2, 0.25) is 0 Å². The number of nitrogens with zero attached hydrogens (tertiary/aromatic N) is 2. The summed E-state index contributed by atoms with van der Waals surface area (Å²) in [4.78, 5) is 17.7. The molecule has 5 heteroatoms. The molecule has 110 valence electrons. The molecule has 0 aliphatic carbocycles. The van der Waals surface area contributed by atoms with Crippen LogP contribution in [0.25, 0.3) is 0 Å². The Bertz CT molecular complexity index is 439. The van der Waals surface area contributed by atoms with E-state index in [9.17, 15) is 4.79 Å². The highest BCUT2D eigenvalue weighted by Gasteiger charge is 2.20. The molecule has 2 rings (SSSR count). The molecule has 1 aromatic rings. The zero-order valence-corrected chi connectivity index (χ0v) is 12.4. The number of ether oxygens (including phenoxy) is 1. The Balaban J connectivity index is 1.94. The number of anilines is 1. The quantitative estimate of drug-likeness (QED) is 0.914. The van der Waals surface area contributed by atoms with Gasteiger partial charge in [0.05, 0.1) is 5.56 Å². The van der Waals surface area contributed by atoms with E-state index in [1.54, 1.807) is 25.2 Å². The van der Waals surface area contributed by atoms with E-state index in [1.165, 1.54) is 0 Å². The average molecular weight is 277 g/mol. The summed E-state index contributed by atoms with van der Waals surface area (Å²) in [6.07, 6.45) is 3.80. The Hall–Kier alpha value is -1.62. The minimum Gasteiger partial charge on any atom is -0.381 e. The fourth-order valence-corrected chi connectivity index (χ4v) is 2.43. The van der Waals surface area contributed by atoms with Crippen molar-refractivity contribution in [2.45, 2.75) is 25.8 Å². The lowest BCUT2D eigenvalue weighted by Gasteiger charge is -2.28. The normalized spacial score (nSPS) is 17.6. The number of carbonyl (C=O) groups excluding carboxylic acids is 1. The summed E-state index contributed by atoms with van der Waals surface area (Å²) in [6.45, 7) is 3.87. The van der Waals surface area contributed by atoms with E-state index in [1.807, 2.05) is 12.1 Å². The zero-order chi connectivity index (χ0) is 14.5. The summed E-state index contributed by atoms with van der Waals surface area (Å²) in [7, 11) is 3.48. The van der Waals surface area contributed by atoms with Gasteiger partial charge in [-0.05, 0) is 37.8 Å². The zero-order valence-electron chi connectivity index (χ0n) is 12.4. The highest BCUT2D eigenvalue weighted by Crippen LogP contribution is 2.21. The second-order valence-corrected chi connectivity index (χ2v) is 5.51. The molecule has 1 aliphatic rings. The number of nitrogens with one attached hydrogen (secondary N) is 1. The van der Waals surface area contributed by atoms with Gasteiger partial charge in [-0.25, -0.2) is 4.98 Å². The number of carbonyl (C=O) groups is 1. The molecule has 1 aromatic heterocycles. The van der Waals surface area contributed by atoms with Crippen LogP contribution in [-0.4, -0.2) is 49.1 Å². The van der Waals surface area contributed by atoms with Crippen molar-refractivity contribution in [3.63, 3.8) is 0 Å². The van der Waals surface area contributed by atoms with Gasteiger partial charge in [0.2, 0.25) is 0 Å². The lowest BCUT2D eigenvalue weighted by Crippen LogP contribution is -2.31. The molecule has 5 nitrogen and oxygen atoms in total. The smallest absolute Gasteiger partial charge is 0.254 e. The topological polar surface area (TPSA) is 54.5 Å². The minimum absolute atomic E-state index is 0.0264. The molecule has 0 bridgehead atoms. The van der Waals surface area contributed by atoms with Crippen LogP contribution in [0.3, 0.4) is 0 Å². The lowest BCUT2D eigenvalue weighted by molar-refractivity contribution is 0.0622. The van der Waals surface area contributed by atoms with Crippen molar-refractivity contribution in [1.82, 2.24) is 9.88 Å². The Kier molecular flexibility index (Phi) is 4.95. The lowest BCUT2D eigenvalue weighted by atomic mass is 9.93. The number of rotatable bonds is 4. The van der Waals surface area contributed by atoms with Crippen LogP contribution in [0, 0.1) is 5.92 Å². The third kappa shape index (κ3) is 3.70. The van der Waals surface area contributed by atoms with Gasteiger partial charge in [-0.2, -0.15) is 0 Å². The van der Waals surface area contributed by atoms with Crippen LogP contribution in [0.5, 0.6) is 0 Å². The van der Waals surface area contributed by atoms with E-state index in [2.05, 4.69) is 17.2 Å². The number of pyridine rings is 1. The number of aromatic nitrogens is 1. The third-order valence-corrected chi connectivity index (χ3v) is 3.77. The molecule has 0 spiro atoms. The fraction of sp³-hybridized carbons (Fsp3) is 0.600. The maximum absolute atomic E-state index is 11.8. The van der Waals surface area contributed by atoms with Crippen LogP contribution in [0.4, 0.5) is 5.82 Å². The molecule has 0 radical (unpaired) electrons. The third-order valence-electron chi connectivity index (χ3n) is 3.77. The Morgan fingerprint density at radius 2 is 2.10 bits per heavy atom. The largest absolute Gasteiger partial charge is 0.381 e. The van der Waals surface area contributed by atoms with Crippen molar-refractivity contribution in [2.24, 2.45) is 5.92 Å². The maximum atomic E-state index is 11.8. The molecule has 0 aromatic carbocycles. The van der Waals surface area contributed by atoms with Gasteiger partial charge in [0.25, 0.3) is 5.91 Å². The van der Waals surface area contributed by atoms with Crippen molar-refractivity contribution in [2.75, 3.05) is 32.6 Å². The summed E-state index contributed by atoms with van der Waals surface area (Å²) >= 11 is 0. The maximum Gasteiger partial charge on any atom is 0.254 e. The van der Waals surface area contributed by atoms with E-state index in [-0.39, 0.29) is 5.91 Å². The molecular weight excluding hydrogens is 254 g/mol. The van der Waals surface area contributed by atoms with E-state index in [4.69, 9.17) is 4.74 Å². The first kappa shape index (κ1) is 14.8. The summed E-state index contributed by atoms with van der Waals surface area (Å²) in [5, 5.41) is 3.42. The fourth-order valence-electron chi connectivity index (χ4n) is 2.43. The van der Waals surface area contributed by atoms with Crippen LogP contribution in [-0.2, 0) is 4.74 Å². The van der Waals surface area contributed by atoms with E-state index >= 15 is 0 Å². The predicted molar refractivity (Wildman–Crippen MR) is 78.9 cm³/mol. The highest BCUT2D eigenvalue weighted by atomic mass is 16.5. The van der Waals surface area contributed by atoms with Gasteiger partial charge >= 0.3 is 0 Å². The van der Waals surface area contributed by atoms with Gasteiger partial charge in [-0.3, -0.25) is 4.79 Å². The molecule has 1 N–H and O–H groups in total. The van der Waals surface area contributed by atoms with Crippen molar-refractivity contribution in [1.29, 1.82) is 0 Å². The Morgan fingerprint density at radius 1 is 1.40 bits per heavy atom. The van der Waals surface area contributed by atoms with Crippen molar-refractivity contribution in [3.8, 4) is 0 Å². The van der Waals surface area contributed by atoms with Crippen LogP contribution in [0.1, 0.15) is 30.1 Å².